The van der Waals surface area contributed by atoms with E-state index >= 15 is 0 Å². The molecule has 1 aliphatic heterocycles. The van der Waals surface area contributed by atoms with E-state index in [0.29, 0.717) is 5.02 Å². The molecule has 0 atom stereocenters. The van der Waals surface area contributed by atoms with E-state index in [1.807, 2.05) is 0 Å². The molecule has 1 heterocycles. The van der Waals surface area contributed by atoms with Gasteiger partial charge in [-0.1, -0.05) is 29.8 Å². The zero-order valence-corrected chi connectivity index (χ0v) is 10.1. The Balaban J connectivity index is 2.27. The normalized spacial score (nSPS) is 15.4. The highest BCUT2D eigenvalue weighted by Crippen LogP contribution is 2.25. The Labute approximate surface area is 108 Å². The van der Waals surface area contributed by atoms with Gasteiger partial charge in [-0.3, -0.25) is 9.69 Å². The van der Waals surface area contributed by atoms with Gasteiger partial charge in [0.25, 0.3) is 0 Å². The van der Waals surface area contributed by atoms with Crippen molar-refractivity contribution in [3.63, 3.8) is 0 Å². The molecule has 1 aromatic carbocycles. The number of benzene rings is 1. The fraction of sp³-hybridized carbons (Fsp3) is 0.167. The molecule has 5 nitrogen and oxygen atoms in total. The van der Waals surface area contributed by atoms with Gasteiger partial charge in [0, 0.05) is 5.02 Å². The average molecular weight is 267 g/mol. The fourth-order valence-corrected chi connectivity index (χ4v) is 1.99. The van der Waals surface area contributed by atoms with Crippen molar-refractivity contribution < 1.29 is 14.7 Å². The lowest BCUT2D eigenvalue weighted by Gasteiger charge is -2.18. The highest BCUT2D eigenvalue weighted by atomic mass is 35.5. The molecule has 3 N–H and O–H groups in total. The Kier molecular flexibility index (Phi) is 3.25. The first-order valence-electron chi connectivity index (χ1n) is 5.26. The zero-order chi connectivity index (χ0) is 13.3. The van der Waals surface area contributed by atoms with Gasteiger partial charge < -0.3 is 10.8 Å². The van der Waals surface area contributed by atoms with Crippen molar-refractivity contribution in [1.82, 2.24) is 4.90 Å². The van der Waals surface area contributed by atoms with Crippen LogP contribution in [0.3, 0.4) is 0 Å². The van der Waals surface area contributed by atoms with Crippen LogP contribution in [0.1, 0.15) is 12.0 Å². The van der Waals surface area contributed by atoms with E-state index in [2.05, 4.69) is 0 Å². The molecule has 0 radical (unpaired) electrons. The number of carboxylic acids is 1. The van der Waals surface area contributed by atoms with Crippen LogP contribution in [-0.2, 0) is 16.1 Å². The number of nitrogens with zero attached hydrogens (tertiary/aromatic N) is 1. The average Bonchev–Trinajstić information content (AvgIpc) is 2.60. The summed E-state index contributed by atoms with van der Waals surface area (Å²) in [7, 11) is 0. The van der Waals surface area contributed by atoms with Gasteiger partial charge in [-0.05, 0) is 11.6 Å². The molecule has 6 heteroatoms. The molecule has 0 bridgehead atoms. The first kappa shape index (κ1) is 12.4. The fourth-order valence-electron chi connectivity index (χ4n) is 1.79. The second-order valence-corrected chi connectivity index (χ2v) is 4.32. The van der Waals surface area contributed by atoms with Gasteiger partial charge in [0.15, 0.2) is 0 Å². The van der Waals surface area contributed by atoms with Crippen LogP contribution in [0, 0.1) is 0 Å². The van der Waals surface area contributed by atoms with Crippen molar-refractivity contribution in [3.8, 4) is 0 Å². The van der Waals surface area contributed by atoms with E-state index in [1.54, 1.807) is 24.3 Å². The quantitative estimate of drug-likeness (QED) is 0.864. The largest absolute Gasteiger partial charge is 0.478 e. The maximum absolute atomic E-state index is 11.7. The van der Waals surface area contributed by atoms with Crippen molar-refractivity contribution in [3.05, 3.63) is 46.2 Å². The van der Waals surface area contributed by atoms with Crippen molar-refractivity contribution in [2.75, 3.05) is 0 Å². The number of hydrogen-bond acceptors (Lipinski definition) is 3. The maximum atomic E-state index is 11.7. The van der Waals surface area contributed by atoms with E-state index in [4.69, 9.17) is 22.4 Å². The minimum Gasteiger partial charge on any atom is -0.478 e. The summed E-state index contributed by atoms with van der Waals surface area (Å²) in [6, 6.07) is 7.04. The molecule has 0 unspecified atom stereocenters. The lowest BCUT2D eigenvalue weighted by atomic mass is 10.2. The molecule has 0 saturated carbocycles. The van der Waals surface area contributed by atoms with E-state index in [9.17, 15) is 9.59 Å². The summed E-state index contributed by atoms with van der Waals surface area (Å²) >= 11 is 5.99. The second kappa shape index (κ2) is 4.70. The van der Waals surface area contributed by atoms with Crippen molar-refractivity contribution in [2.24, 2.45) is 5.73 Å². The number of carbonyl (C=O) groups excluding carboxylic acids is 1. The molecule has 1 amide bonds. The van der Waals surface area contributed by atoms with Gasteiger partial charge >= 0.3 is 5.97 Å². The zero-order valence-electron chi connectivity index (χ0n) is 9.39. The van der Waals surface area contributed by atoms with E-state index < -0.39 is 5.97 Å². The minimum atomic E-state index is -1.16. The number of halogens is 1. The molecule has 18 heavy (non-hydrogen) atoms. The van der Waals surface area contributed by atoms with Crippen LogP contribution >= 0.6 is 11.6 Å². The van der Waals surface area contributed by atoms with Gasteiger partial charge in [-0.2, -0.15) is 0 Å². The molecule has 2 rings (SSSR count). The maximum Gasteiger partial charge on any atom is 0.335 e. The van der Waals surface area contributed by atoms with Crippen molar-refractivity contribution in [1.29, 1.82) is 0 Å². The third-order valence-corrected chi connectivity index (χ3v) is 3.14. The first-order chi connectivity index (χ1) is 8.50. The standard InChI is InChI=1S/C12H11ClN2O3/c13-9-4-2-1-3-7(9)6-15-10(16)5-8(11(15)14)12(17)18/h1-4H,5-6,14H2,(H,17,18). The molecular formula is C12H11ClN2O3. The smallest absolute Gasteiger partial charge is 0.335 e. The molecule has 94 valence electrons. The molecule has 0 fully saturated rings. The van der Waals surface area contributed by atoms with Crippen LogP contribution in [0.25, 0.3) is 0 Å². The Morgan fingerprint density at radius 1 is 1.44 bits per heavy atom. The molecule has 1 aliphatic rings. The Morgan fingerprint density at radius 3 is 2.67 bits per heavy atom. The van der Waals surface area contributed by atoms with Crippen LogP contribution in [0.2, 0.25) is 5.02 Å². The summed E-state index contributed by atoms with van der Waals surface area (Å²) in [4.78, 5) is 23.8. The van der Waals surface area contributed by atoms with Crippen LogP contribution < -0.4 is 5.73 Å². The van der Waals surface area contributed by atoms with Crippen LogP contribution in [0.15, 0.2) is 35.7 Å². The number of carbonyl (C=O) groups is 2. The summed E-state index contributed by atoms with van der Waals surface area (Å²) in [5.41, 5.74) is 6.33. The molecule has 1 aromatic rings. The topological polar surface area (TPSA) is 83.6 Å². The Morgan fingerprint density at radius 2 is 2.11 bits per heavy atom. The number of carboxylic acid groups (broad SMARTS) is 1. The predicted octanol–water partition coefficient (Wildman–Crippen LogP) is 1.33. The van der Waals surface area contributed by atoms with Crippen molar-refractivity contribution >= 4 is 23.5 Å². The minimum absolute atomic E-state index is 0.00702. The number of nitrogens with two attached hydrogens (primary N) is 1. The summed E-state index contributed by atoms with van der Waals surface area (Å²) in [5.74, 6) is -1.50. The lowest BCUT2D eigenvalue weighted by molar-refractivity contribution is -0.134. The van der Waals surface area contributed by atoms with Gasteiger partial charge in [-0.15, -0.1) is 0 Å². The third kappa shape index (κ3) is 2.17. The number of amides is 1. The summed E-state index contributed by atoms with van der Waals surface area (Å²) in [6.07, 6.45) is -0.175. The van der Waals surface area contributed by atoms with Gasteiger partial charge in [0.1, 0.15) is 5.82 Å². The van der Waals surface area contributed by atoms with Gasteiger partial charge in [0.05, 0.1) is 18.5 Å². The third-order valence-electron chi connectivity index (χ3n) is 2.77. The number of hydrogen-bond donors (Lipinski definition) is 2. The van der Waals surface area contributed by atoms with E-state index in [-0.39, 0.29) is 30.3 Å². The molecular weight excluding hydrogens is 256 g/mol. The summed E-state index contributed by atoms with van der Waals surface area (Å²) < 4.78 is 0. The SMILES string of the molecule is NC1=C(C(=O)O)CC(=O)N1Cc1ccccc1Cl. The van der Waals surface area contributed by atoms with Crippen LogP contribution in [0.4, 0.5) is 0 Å². The van der Waals surface area contributed by atoms with Crippen LogP contribution in [-0.4, -0.2) is 21.9 Å². The first-order valence-corrected chi connectivity index (χ1v) is 5.64. The van der Waals surface area contributed by atoms with E-state index in [0.717, 1.165) is 5.56 Å². The monoisotopic (exact) mass is 266 g/mol. The Bertz CT molecular complexity index is 554. The highest BCUT2D eigenvalue weighted by Gasteiger charge is 2.32. The number of rotatable bonds is 3. The molecule has 0 spiro atoms. The summed E-state index contributed by atoms with van der Waals surface area (Å²) in [6.45, 7) is 0.182. The second-order valence-electron chi connectivity index (χ2n) is 3.92. The molecule has 0 aliphatic carbocycles. The molecule has 0 saturated heterocycles. The summed E-state index contributed by atoms with van der Waals surface area (Å²) in [5, 5.41) is 9.41. The van der Waals surface area contributed by atoms with Crippen LogP contribution in [0.5, 0.6) is 0 Å². The predicted molar refractivity (Wildman–Crippen MR) is 65.5 cm³/mol. The Hall–Kier alpha value is -2.01. The molecule has 0 aromatic heterocycles. The highest BCUT2D eigenvalue weighted by molar-refractivity contribution is 6.31. The van der Waals surface area contributed by atoms with Crippen molar-refractivity contribution in [2.45, 2.75) is 13.0 Å². The van der Waals surface area contributed by atoms with Gasteiger partial charge in [-0.25, -0.2) is 4.79 Å². The van der Waals surface area contributed by atoms with Gasteiger partial charge in [0.2, 0.25) is 5.91 Å². The lowest BCUT2D eigenvalue weighted by Crippen LogP contribution is -2.28. The number of aliphatic carboxylic acids is 1. The van der Waals surface area contributed by atoms with E-state index in [1.165, 1.54) is 4.90 Å².